The Bertz CT molecular complexity index is 606. The van der Waals surface area contributed by atoms with Crippen LogP contribution in [0.5, 0.6) is 0 Å². The maximum atomic E-state index is 12.2. The van der Waals surface area contributed by atoms with E-state index >= 15 is 0 Å². The van der Waals surface area contributed by atoms with Gasteiger partial charge >= 0.3 is 0 Å². The lowest BCUT2D eigenvalue weighted by atomic mass is 10.1. The van der Waals surface area contributed by atoms with Crippen molar-refractivity contribution in [3.05, 3.63) is 35.6 Å². The van der Waals surface area contributed by atoms with Crippen molar-refractivity contribution in [1.29, 1.82) is 0 Å². The van der Waals surface area contributed by atoms with E-state index in [-0.39, 0.29) is 12.0 Å². The number of carbonyl (C=O) groups is 1. The lowest BCUT2D eigenvalue weighted by Gasteiger charge is -2.29. The molecule has 1 saturated heterocycles. The van der Waals surface area contributed by atoms with Gasteiger partial charge in [0.05, 0.1) is 18.2 Å². The van der Waals surface area contributed by atoms with Crippen LogP contribution in [-0.4, -0.2) is 45.1 Å². The Morgan fingerprint density at radius 3 is 2.95 bits per heavy atom. The van der Waals surface area contributed by atoms with Crippen LogP contribution in [-0.2, 0) is 11.2 Å². The molecule has 1 amide bonds. The van der Waals surface area contributed by atoms with Gasteiger partial charge in [-0.2, -0.15) is 0 Å². The molecule has 0 bridgehead atoms. The monoisotopic (exact) mass is 303 g/mol. The van der Waals surface area contributed by atoms with Crippen molar-refractivity contribution in [2.75, 3.05) is 13.1 Å². The molecular formula is C15H17N3O2S. The molecule has 1 N–H and O–H groups in total. The number of thiazole rings is 1. The van der Waals surface area contributed by atoms with Gasteiger partial charge in [-0.25, -0.2) is 4.98 Å². The molecule has 0 spiro atoms. The minimum atomic E-state index is -0.259. The second kappa shape index (κ2) is 6.32. The summed E-state index contributed by atoms with van der Waals surface area (Å²) in [5.74, 6) is 0.0879. The molecule has 6 heteroatoms. The van der Waals surface area contributed by atoms with Gasteiger partial charge in [0, 0.05) is 36.4 Å². The van der Waals surface area contributed by atoms with Crippen LogP contribution in [0.1, 0.15) is 18.5 Å². The van der Waals surface area contributed by atoms with Crippen LogP contribution < -0.4 is 0 Å². The number of rotatable bonds is 3. The van der Waals surface area contributed by atoms with Crippen molar-refractivity contribution in [3.8, 4) is 10.6 Å². The molecular weight excluding hydrogens is 286 g/mol. The molecule has 21 heavy (non-hydrogen) atoms. The van der Waals surface area contributed by atoms with Crippen LogP contribution in [0.25, 0.3) is 10.6 Å². The fraction of sp³-hybridized carbons (Fsp3) is 0.400. The Hall–Kier alpha value is -1.79. The molecule has 1 aliphatic heterocycles. The smallest absolute Gasteiger partial charge is 0.228 e. The van der Waals surface area contributed by atoms with Gasteiger partial charge in [-0.1, -0.05) is 0 Å². The third kappa shape index (κ3) is 3.46. The zero-order valence-corrected chi connectivity index (χ0v) is 12.4. The van der Waals surface area contributed by atoms with Crippen molar-refractivity contribution >= 4 is 17.2 Å². The first kappa shape index (κ1) is 14.2. The summed E-state index contributed by atoms with van der Waals surface area (Å²) in [7, 11) is 0. The fourth-order valence-corrected chi connectivity index (χ4v) is 3.20. The molecule has 1 fully saturated rings. The van der Waals surface area contributed by atoms with Crippen molar-refractivity contribution < 1.29 is 9.90 Å². The number of amides is 1. The number of aromatic nitrogens is 2. The van der Waals surface area contributed by atoms with Gasteiger partial charge in [0.1, 0.15) is 5.01 Å². The van der Waals surface area contributed by atoms with E-state index in [0.29, 0.717) is 32.4 Å². The van der Waals surface area contributed by atoms with E-state index < -0.39 is 0 Å². The molecule has 5 nitrogen and oxygen atoms in total. The number of aliphatic hydroxyl groups excluding tert-OH is 1. The molecule has 0 aromatic carbocycles. The van der Waals surface area contributed by atoms with E-state index in [1.807, 2.05) is 22.4 Å². The Morgan fingerprint density at radius 2 is 2.24 bits per heavy atom. The number of likely N-dealkylation sites (tertiary alicyclic amines) is 1. The van der Waals surface area contributed by atoms with Crippen molar-refractivity contribution in [3.63, 3.8) is 0 Å². The molecule has 0 radical (unpaired) electrons. The molecule has 2 aromatic rings. The first-order valence-electron chi connectivity index (χ1n) is 7.03. The Balaban J connectivity index is 1.63. The molecule has 0 aliphatic carbocycles. The number of aliphatic hydroxyl groups is 1. The summed E-state index contributed by atoms with van der Waals surface area (Å²) >= 11 is 1.53. The highest BCUT2D eigenvalue weighted by Gasteiger charge is 2.22. The van der Waals surface area contributed by atoms with E-state index in [4.69, 9.17) is 0 Å². The maximum absolute atomic E-state index is 12.2. The minimum absolute atomic E-state index is 0.0879. The van der Waals surface area contributed by atoms with Gasteiger partial charge in [-0.15, -0.1) is 11.3 Å². The molecule has 0 unspecified atom stereocenters. The Kier molecular flexibility index (Phi) is 4.26. The number of pyridine rings is 1. The maximum Gasteiger partial charge on any atom is 0.228 e. The summed E-state index contributed by atoms with van der Waals surface area (Å²) in [5, 5.41) is 12.3. The van der Waals surface area contributed by atoms with Gasteiger partial charge in [0.2, 0.25) is 5.91 Å². The lowest BCUT2D eigenvalue weighted by molar-refractivity contribution is -0.132. The second-order valence-electron chi connectivity index (χ2n) is 5.17. The average molecular weight is 303 g/mol. The van der Waals surface area contributed by atoms with E-state index in [1.165, 1.54) is 11.3 Å². The van der Waals surface area contributed by atoms with Gasteiger partial charge in [-0.05, 0) is 25.0 Å². The Labute approximate surface area is 127 Å². The normalized spacial score (nSPS) is 16.1. The molecule has 3 heterocycles. The zero-order chi connectivity index (χ0) is 14.7. The molecule has 0 atom stereocenters. The quantitative estimate of drug-likeness (QED) is 0.938. The van der Waals surface area contributed by atoms with E-state index in [9.17, 15) is 9.90 Å². The molecule has 2 aromatic heterocycles. The third-order valence-corrected chi connectivity index (χ3v) is 4.55. The standard InChI is InChI=1S/C15H17N3O2S/c19-13-3-6-18(7-4-13)14(20)8-12-10-21-15(17-12)11-2-1-5-16-9-11/h1-2,5,9-10,13,19H,3-4,6-8H2. The first-order chi connectivity index (χ1) is 10.2. The van der Waals surface area contributed by atoms with Crippen molar-refractivity contribution in [1.82, 2.24) is 14.9 Å². The number of hydrogen-bond acceptors (Lipinski definition) is 5. The summed E-state index contributed by atoms with van der Waals surface area (Å²) in [6.45, 7) is 1.28. The van der Waals surface area contributed by atoms with Crippen LogP contribution >= 0.6 is 11.3 Å². The lowest BCUT2D eigenvalue weighted by Crippen LogP contribution is -2.40. The highest BCUT2D eigenvalue weighted by molar-refractivity contribution is 7.13. The van der Waals surface area contributed by atoms with Gasteiger partial charge in [-0.3, -0.25) is 9.78 Å². The average Bonchev–Trinajstić information content (AvgIpc) is 2.97. The van der Waals surface area contributed by atoms with Crippen molar-refractivity contribution in [2.45, 2.75) is 25.4 Å². The van der Waals surface area contributed by atoms with Crippen LogP contribution in [0.15, 0.2) is 29.9 Å². The first-order valence-corrected chi connectivity index (χ1v) is 7.91. The van der Waals surface area contributed by atoms with Crippen LogP contribution in [0.4, 0.5) is 0 Å². The van der Waals surface area contributed by atoms with Crippen molar-refractivity contribution in [2.24, 2.45) is 0 Å². The highest BCUT2D eigenvalue weighted by atomic mass is 32.1. The van der Waals surface area contributed by atoms with E-state index in [1.54, 1.807) is 12.4 Å². The summed E-state index contributed by atoms with van der Waals surface area (Å²) in [6.07, 6.45) is 4.91. The zero-order valence-electron chi connectivity index (χ0n) is 11.6. The highest BCUT2D eigenvalue weighted by Crippen LogP contribution is 2.23. The SMILES string of the molecule is O=C(Cc1csc(-c2cccnc2)n1)N1CCC(O)CC1. The third-order valence-electron chi connectivity index (χ3n) is 3.61. The second-order valence-corrected chi connectivity index (χ2v) is 6.03. The number of nitrogens with zero attached hydrogens (tertiary/aromatic N) is 3. The minimum Gasteiger partial charge on any atom is -0.393 e. The number of carbonyl (C=O) groups excluding carboxylic acids is 1. The topological polar surface area (TPSA) is 66.3 Å². The van der Waals surface area contributed by atoms with Crippen LogP contribution in [0.2, 0.25) is 0 Å². The molecule has 0 saturated carbocycles. The molecule has 110 valence electrons. The molecule has 1 aliphatic rings. The summed E-state index contributed by atoms with van der Waals surface area (Å²) in [4.78, 5) is 22.6. The number of hydrogen-bond donors (Lipinski definition) is 1. The summed E-state index contributed by atoms with van der Waals surface area (Å²) < 4.78 is 0. The van der Waals surface area contributed by atoms with Crippen LogP contribution in [0, 0.1) is 0 Å². The van der Waals surface area contributed by atoms with Gasteiger partial charge < -0.3 is 10.0 Å². The summed E-state index contributed by atoms with van der Waals surface area (Å²) in [6, 6.07) is 3.84. The molecule has 3 rings (SSSR count). The predicted octanol–water partition coefficient (Wildman–Crippen LogP) is 1.73. The summed E-state index contributed by atoms with van der Waals surface area (Å²) in [5.41, 5.74) is 1.78. The van der Waals surface area contributed by atoms with Gasteiger partial charge in [0.25, 0.3) is 0 Å². The predicted molar refractivity (Wildman–Crippen MR) is 80.9 cm³/mol. The van der Waals surface area contributed by atoms with E-state index in [2.05, 4.69) is 9.97 Å². The fourth-order valence-electron chi connectivity index (χ4n) is 2.39. The number of piperidine rings is 1. The van der Waals surface area contributed by atoms with Gasteiger partial charge in [0.15, 0.2) is 0 Å². The Morgan fingerprint density at radius 1 is 1.43 bits per heavy atom. The largest absolute Gasteiger partial charge is 0.393 e. The van der Waals surface area contributed by atoms with E-state index in [0.717, 1.165) is 16.3 Å². The van der Waals surface area contributed by atoms with Crippen LogP contribution in [0.3, 0.4) is 0 Å².